The van der Waals surface area contributed by atoms with E-state index in [1.165, 1.54) is 30.3 Å². The van der Waals surface area contributed by atoms with Gasteiger partial charge in [0.15, 0.2) is 0 Å². The monoisotopic (exact) mass is 544 g/mol. The molecule has 5 rings (SSSR count). The van der Waals surface area contributed by atoms with Crippen molar-refractivity contribution >= 4 is 56.8 Å². The van der Waals surface area contributed by atoms with Gasteiger partial charge in [-0.2, -0.15) is 0 Å². The fraction of sp³-hybridized carbons (Fsp3) is 0.280. The largest absolute Gasteiger partial charge is 0.465 e. The maximum atomic E-state index is 13.3. The van der Waals surface area contributed by atoms with Crippen molar-refractivity contribution in [1.82, 2.24) is 0 Å². The minimum absolute atomic E-state index is 0.0186. The second kappa shape index (κ2) is 9.00. The number of rotatable bonds is 6. The number of sulfonamides is 1. The number of methoxy groups -OCH3 is 2. The van der Waals surface area contributed by atoms with Crippen molar-refractivity contribution < 1.29 is 37.1 Å². The van der Waals surface area contributed by atoms with Gasteiger partial charge >= 0.3 is 11.9 Å². The van der Waals surface area contributed by atoms with Crippen LogP contribution in [0.2, 0.25) is 5.02 Å². The molecule has 0 radical (unpaired) electrons. The van der Waals surface area contributed by atoms with Crippen LogP contribution in [-0.4, -0.2) is 46.4 Å². The zero-order chi connectivity index (χ0) is 26.6. The van der Waals surface area contributed by atoms with Gasteiger partial charge in [-0.1, -0.05) is 23.8 Å². The van der Waals surface area contributed by atoms with E-state index in [2.05, 4.69) is 14.2 Å². The van der Waals surface area contributed by atoms with Crippen molar-refractivity contribution in [2.24, 2.45) is 23.7 Å². The molecule has 2 bridgehead atoms. The molecule has 0 aromatic heterocycles. The molecule has 2 aromatic carbocycles. The Morgan fingerprint density at radius 2 is 1.46 bits per heavy atom. The number of nitrogens with zero attached hydrogens (tertiary/aromatic N) is 1. The number of fused-ring (bicyclic) bond motifs is 5. The second-order valence-electron chi connectivity index (χ2n) is 9.01. The van der Waals surface area contributed by atoms with Crippen molar-refractivity contribution in [3.05, 3.63) is 64.7 Å². The molecule has 3 aliphatic rings. The number of hydrogen-bond donors (Lipinski definition) is 1. The number of carbonyl (C=O) groups is 4. The first-order chi connectivity index (χ1) is 17.6. The smallest absolute Gasteiger partial charge is 0.337 e. The Labute approximate surface area is 217 Å². The summed E-state index contributed by atoms with van der Waals surface area (Å²) < 4.78 is 38.2. The third-order valence-corrected chi connectivity index (χ3v) is 8.67. The molecule has 2 amide bonds. The number of nitrogens with one attached hydrogen (secondary N) is 1. The molecule has 0 unspecified atom stereocenters. The highest BCUT2D eigenvalue weighted by Crippen LogP contribution is 2.53. The predicted octanol–water partition coefficient (Wildman–Crippen LogP) is 3.03. The van der Waals surface area contributed by atoms with Crippen molar-refractivity contribution in [1.29, 1.82) is 0 Å². The summed E-state index contributed by atoms with van der Waals surface area (Å²) in [4.78, 5) is 51.2. The number of halogens is 1. The van der Waals surface area contributed by atoms with Gasteiger partial charge < -0.3 is 9.47 Å². The van der Waals surface area contributed by atoms with Gasteiger partial charge in [0.25, 0.3) is 10.0 Å². The number of hydrogen-bond acceptors (Lipinski definition) is 8. The highest BCUT2D eigenvalue weighted by atomic mass is 35.5. The molecule has 2 fully saturated rings. The number of benzene rings is 2. The minimum atomic E-state index is -4.32. The molecule has 1 saturated heterocycles. The van der Waals surface area contributed by atoms with Gasteiger partial charge in [-0.05, 0) is 54.7 Å². The maximum Gasteiger partial charge on any atom is 0.337 e. The van der Waals surface area contributed by atoms with Crippen molar-refractivity contribution in [2.75, 3.05) is 23.8 Å². The average molecular weight is 545 g/mol. The van der Waals surface area contributed by atoms with Gasteiger partial charge in [0.05, 0.1) is 58.5 Å². The summed E-state index contributed by atoms with van der Waals surface area (Å²) in [5, 5.41) is 0.0431. The Kier molecular flexibility index (Phi) is 6.07. The van der Waals surface area contributed by atoms with Gasteiger partial charge in [0, 0.05) is 0 Å². The SMILES string of the molecule is COC(=O)c1cc(NS(=O)(=O)c2ccc(Cl)c(N3C(=O)[C@@H]4[C@@H](C3=O)[C@H]3C=C[C@@H]4C3)c2)cc(C(=O)OC)c1. The van der Waals surface area contributed by atoms with E-state index in [-0.39, 0.29) is 44.3 Å². The van der Waals surface area contributed by atoms with Crippen LogP contribution in [0.5, 0.6) is 0 Å². The first-order valence-corrected chi connectivity index (χ1v) is 13.1. The average Bonchev–Trinajstić information content (AvgIpc) is 3.56. The lowest BCUT2D eigenvalue weighted by atomic mass is 9.85. The van der Waals surface area contributed by atoms with E-state index in [0.29, 0.717) is 0 Å². The van der Waals surface area contributed by atoms with E-state index in [9.17, 15) is 27.6 Å². The Morgan fingerprint density at radius 1 is 0.919 bits per heavy atom. The normalized spacial score (nSPS) is 23.8. The third-order valence-electron chi connectivity index (χ3n) is 6.97. The lowest BCUT2D eigenvalue weighted by Gasteiger charge is -2.20. The number of ether oxygens (including phenoxy) is 2. The first kappa shape index (κ1) is 25.0. The first-order valence-electron chi connectivity index (χ1n) is 11.3. The quantitative estimate of drug-likeness (QED) is 0.333. The molecule has 1 saturated carbocycles. The summed E-state index contributed by atoms with van der Waals surface area (Å²) in [6.45, 7) is 0. The van der Waals surface area contributed by atoms with Gasteiger partial charge in [0.2, 0.25) is 11.8 Å². The van der Waals surface area contributed by atoms with Crippen LogP contribution in [0.1, 0.15) is 27.1 Å². The van der Waals surface area contributed by atoms with Crippen LogP contribution in [0.4, 0.5) is 11.4 Å². The number of amides is 2. The molecule has 1 aliphatic heterocycles. The van der Waals surface area contributed by atoms with E-state index >= 15 is 0 Å². The van der Waals surface area contributed by atoms with Gasteiger partial charge in [-0.3, -0.25) is 14.3 Å². The fourth-order valence-electron chi connectivity index (χ4n) is 5.34. The Morgan fingerprint density at radius 3 is 1.97 bits per heavy atom. The van der Waals surface area contributed by atoms with Crippen LogP contribution in [0.25, 0.3) is 0 Å². The number of carbonyl (C=O) groups excluding carboxylic acids is 4. The summed E-state index contributed by atoms with van der Waals surface area (Å²) in [5.41, 5.74) is -0.289. The molecule has 1 N–H and O–H groups in total. The number of imide groups is 1. The van der Waals surface area contributed by atoms with Gasteiger partial charge in [0.1, 0.15) is 0 Å². The Hall–Kier alpha value is -3.70. The van der Waals surface area contributed by atoms with Crippen molar-refractivity contribution in [3.8, 4) is 0 Å². The molecule has 12 heteroatoms. The topological polar surface area (TPSA) is 136 Å². The molecule has 10 nitrogen and oxygen atoms in total. The number of anilines is 2. The van der Waals surface area contributed by atoms with Crippen molar-refractivity contribution in [2.45, 2.75) is 11.3 Å². The summed E-state index contributed by atoms with van der Waals surface area (Å²) in [5.74, 6) is -3.37. The molecule has 1 heterocycles. The standard InChI is InChI=1S/C25H21ClN2O8S/c1-35-24(31)14-8-15(25(32)36-2)10-16(9-14)27-37(33,34)17-5-6-18(26)19(11-17)28-22(29)20-12-3-4-13(7-12)21(20)23(28)30/h3-6,8-13,20-21,27H,7H2,1-2H3/t12-,13+,20-,21-/m0/s1. The lowest BCUT2D eigenvalue weighted by molar-refractivity contribution is -0.123. The van der Waals surface area contributed by atoms with Crippen molar-refractivity contribution in [3.63, 3.8) is 0 Å². The Balaban J connectivity index is 1.49. The van der Waals surface area contributed by atoms with E-state index in [1.54, 1.807) is 0 Å². The summed E-state index contributed by atoms with van der Waals surface area (Å²) in [6, 6.07) is 7.27. The molecule has 2 aliphatic carbocycles. The van der Waals surface area contributed by atoms with E-state index in [4.69, 9.17) is 11.6 Å². The zero-order valence-corrected chi connectivity index (χ0v) is 21.2. The molecule has 2 aromatic rings. The van der Waals surface area contributed by atoms with E-state index in [1.807, 2.05) is 12.2 Å². The number of esters is 2. The van der Waals surface area contributed by atoms with Crippen LogP contribution in [-0.2, 0) is 29.1 Å². The highest BCUT2D eigenvalue weighted by Gasteiger charge is 2.59. The van der Waals surface area contributed by atoms with E-state index in [0.717, 1.165) is 31.6 Å². The van der Waals surface area contributed by atoms with Crippen LogP contribution in [0.15, 0.2) is 53.4 Å². The zero-order valence-electron chi connectivity index (χ0n) is 19.6. The van der Waals surface area contributed by atoms with Gasteiger partial charge in [-0.15, -0.1) is 0 Å². The lowest BCUT2D eigenvalue weighted by Crippen LogP contribution is -2.33. The molecular formula is C25H21ClN2O8S. The molecule has 192 valence electrons. The molecule has 0 spiro atoms. The van der Waals surface area contributed by atoms with Crippen LogP contribution >= 0.6 is 11.6 Å². The molecular weight excluding hydrogens is 524 g/mol. The Bertz CT molecular complexity index is 1440. The fourth-order valence-corrected chi connectivity index (χ4v) is 6.60. The van der Waals surface area contributed by atoms with Crippen LogP contribution in [0, 0.1) is 23.7 Å². The maximum absolute atomic E-state index is 13.3. The van der Waals surface area contributed by atoms with Crippen LogP contribution in [0.3, 0.4) is 0 Å². The molecule has 4 atom stereocenters. The third kappa shape index (κ3) is 4.08. The predicted molar refractivity (Wildman–Crippen MR) is 132 cm³/mol. The summed E-state index contributed by atoms with van der Waals surface area (Å²) >= 11 is 6.33. The summed E-state index contributed by atoms with van der Waals surface area (Å²) in [7, 11) is -2.03. The minimum Gasteiger partial charge on any atom is -0.465 e. The number of allylic oxidation sites excluding steroid dienone is 2. The van der Waals surface area contributed by atoms with E-state index < -0.39 is 45.6 Å². The highest BCUT2D eigenvalue weighted by molar-refractivity contribution is 7.92. The van der Waals surface area contributed by atoms with Gasteiger partial charge in [-0.25, -0.2) is 22.9 Å². The second-order valence-corrected chi connectivity index (χ2v) is 11.1. The summed E-state index contributed by atoms with van der Waals surface area (Å²) in [6.07, 6.45) is 4.67. The van der Waals surface area contributed by atoms with Crippen LogP contribution < -0.4 is 9.62 Å². The molecule has 37 heavy (non-hydrogen) atoms.